The van der Waals surface area contributed by atoms with Crippen molar-refractivity contribution >= 4 is 0 Å². The van der Waals surface area contributed by atoms with Crippen molar-refractivity contribution in [2.24, 2.45) is 5.34 Å². The van der Waals surface area contributed by atoms with E-state index in [4.69, 9.17) is 4.84 Å². The summed E-state index contributed by atoms with van der Waals surface area (Å²) in [4.78, 5) is 14.9. The highest BCUT2D eigenvalue weighted by molar-refractivity contribution is 5.43. The van der Waals surface area contributed by atoms with Crippen LogP contribution >= 0.6 is 0 Å². The van der Waals surface area contributed by atoms with E-state index in [-0.39, 0.29) is 0 Å². The fourth-order valence-corrected chi connectivity index (χ4v) is 1.80. The average molecular weight is 207 g/mol. The maximum atomic E-state index is 10.2. The van der Waals surface area contributed by atoms with Crippen LogP contribution in [0, 0.1) is 4.91 Å². The molecular weight excluding hydrogens is 190 g/mol. The molecule has 0 saturated heterocycles. The molecule has 0 amide bonds. The van der Waals surface area contributed by atoms with Crippen LogP contribution in [0.1, 0.15) is 50.7 Å². The Bertz CT molecular complexity index is 345. The van der Waals surface area contributed by atoms with Gasteiger partial charge in [0.2, 0.25) is 0 Å². The molecule has 0 atom stereocenters. The largest absolute Gasteiger partial charge is 0.324 e. The van der Waals surface area contributed by atoms with Gasteiger partial charge in [-0.25, -0.2) is 0 Å². The smallest absolute Gasteiger partial charge is 0.165 e. The topological polar surface area (TPSA) is 38.7 Å². The SMILES string of the molecule is CC(C)c1cccc(ON=O)c1C(C)C. The zero-order valence-corrected chi connectivity index (χ0v) is 9.65. The van der Waals surface area contributed by atoms with Crippen molar-refractivity contribution in [3.63, 3.8) is 0 Å². The quantitative estimate of drug-likeness (QED) is 0.553. The third kappa shape index (κ3) is 2.55. The highest BCUT2D eigenvalue weighted by atomic mass is 16.7. The zero-order chi connectivity index (χ0) is 11.4. The van der Waals surface area contributed by atoms with Crippen molar-refractivity contribution in [1.29, 1.82) is 0 Å². The van der Waals surface area contributed by atoms with Crippen LogP contribution in [0.3, 0.4) is 0 Å². The molecule has 0 unspecified atom stereocenters. The van der Waals surface area contributed by atoms with Gasteiger partial charge < -0.3 is 4.84 Å². The monoisotopic (exact) mass is 207 g/mol. The molecule has 0 radical (unpaired) electrons. The average Bonchev–Trinajstić information content (AvgIpc) is 2.17. The molecule has 0 N–H and O–H groups in total. The summed E-state index contributed by atoms with van der Waals surface area (Å²) in [5, 5.41) is 2.50. The van der Waals surface area contributed by atoms with Crippen LogP contribution in [0.2, 0.25) is 0 Å². The molecule has 0 aliphatic carbocycles. The number of hydrogen-bond donors (Lipinski definition) is 0. The third-order valence-corrected chi connectivity index (χ3v) is 2.43. The van der Waals surface area contributed by atoms with Crippen LogP contribution in [-0.2, 0) is 0 Å². The van der Waals surface area contributed by atoms with Crippen molar-refractivity contribution < 1.29 is 4.84 Å². The first-order valence-electron chi connectivity index (χ1n) is 5.20. The molecule has 3 heteroatoms. The summed E-state index contributed by atoms with van der Waals surface area (Å²) in [6.45, 7) is 8.41. The summed E-state index contributed by atoms with van der Waals surface area (Å²) in [6.07, 6.45) is 0. The minimum absolute atomic E-state index is 0.320. The van der Waals surface area contributed by atoms with Gasteiger partial charge in [0.05, 0.1) is 0 Å². The van der Waals surface area contributed by atoms with Crippen LogP contribution in [0.15, 0.2) is 23.5 Å². The molecule has 0 aromatic heterocycles. The van der Waals surface area contributed by atoms with Gasteiger partial charge in [-0.2, -0.15) is 0 Å². The molecule has 1 rings (SSSR count). The Balaban J connectivity index is 3.27. The minimum Gasteiger partial charge on any atom is -0.324 e. The number of benzene rings is 1. The van der Waals surface area contributed by atoms with E-state index < -0.39 is 0 Å². The second-order valence-electron chi connectivity index (χ2n) is 4.23. The Hall–Kier alpha value is -1.38. The molecule has 0 aliphatic heterocycles. The molecule has 3 nitrogen and oxygen atoms in total. The second-order valence-corrected chi connectivity index (χ2v) is 4.23. The van der Waals surface area contributed by atoms with E-state index in [2.05, 4.69) is 39.1 Å². The fourth-order valence-electron chi connectivity index (χ4n) is 1.80. The van der Waals surface area contributed by atoms with E-state index in [9.17, 15) is 4.91 Å². The predicted molar refractivity (Wildman–Crippen MR) is 61.0 cm³/mol. The van der Waals surface area contributed by atoms with E-state index in [0.29, 0.717) is 17.6 Å². The summed E-state index contributed by atoms with van der Waals surface area (Å²) < 4.78 is 0. The highest BCUT2D eigenvalue weighted by Gasteiger charge is 2.15. The van der Waals surface area contributed by atoms with Gasteiger partial charge in [-0.1, -0.05) is 39.8 Å². The molecule has 1 aromatic carbocycles. The minimum atomic E-state index is 0.320. The summed E-state index contributed by atoms with van der Waals surface area (Å²) in [6, 6.07) is 5.74. The first-order valence-corrected chi connectivity index (χ1v) is 5.20. The van der Waals surface area contributed by atoms with Crippen molar-refractivity contribution in [2.75, 3.05) is 0 Å². The first-order chi connectivity index (χ1) is 7.07. The summed E-state index contributed by atoms with van der Waals surface area (Å²) in [5.74, 6) is 1.31. The van der Waals surface area contributed by atoms with Crippen molar-refractivity contribution in [2.45, 2.75) is 39.5 Å². The van der Waals surface area contributed by atoms with Gasteiger partial charge in [0, 0.05) is 5.56 Å². The van der Waals surface area contributed by atoms with Gasteiger partial charge in [-0.3, -0.25) is 0 Å². The molecule has 0 saturated carbocycles. The molecule has 0 aliphatic rings. The Morgan fingerprint density at radius 3 is 2.27 bits per heavy atom. The van der Waals surface area contributed by atoms with Crippen molar-refractivity contribution in [3.05, 3.63) is 34.2 Å². The van der Waals surface area contributed by atoms with E-state index in [1.807, 2.05) is 6.07 Å². The molecule has 15 heavy (non-hydrogen) atoms. The van der Waals surface area contributed by atoms with Gasteiger partial charge in [0.15, 0.2) is 11.1 Å². The molecule has 82 valence electrons. The first kappa shape index (κ1) is 11.7. The van der Waals surface area contributed by atoms with E-state index in [1.54, 1.807) is 6.07 Å². The summed E-state index contributed by atoms with van der Waals surface area (Å²) in [5.41, 5.74) is 2.29. The maximum Gasteiger partial charge on any atom is 0.165 e. The normalized spacial score (nSPS) is 10.8. The van der Waals surface area contributed by atoms with Crippen molar-refractivity contribution in [3.8, 4) is 5.75 Å². The standard InChI is InChI=1S/C12H17NO2/c1-8(2)10-6-5-7-11(15-13-14)12(10)9(3)4/h5-9H,1-4H3. The lowest BCUT2D eigenvalue weighted by Crippen LogP contribution is -2.01. The number of rotatable bonds is 4. The molecule has 0 bridgehead atoms. The van der Waals surface area contributed by atoms with Crippen LogP contribution in [0.4, 0.5) is 0 Å². The Morgan fingerprint density at radius 2 is 1.80 bits per heavy atom. The van der Waals surface area contributed by atoms with E-state index >= 15 is 0 Å². The highest BCUT2D eigenvalue weighted by Crippen LogP contribution is 2.33. The lowest BCUT2D eigenvalue weighted by molar-refractivity contribution is 0.329. The van der Waals surface area contributed by atoms with Crippen LogP contribution in [0.25, 0.3) is 0 Å². The second kappa shape index (κ2) is 4.91. The number of nitrogens with zero attached hydrogens (tertiary/aromatic N) is 1. The Morgan fingerprint density at radius 1 is 1.13 bits per heavy atom. The van der Waals surface area contributed by atoms with Crippen LogP contribution in [0.5, 0.6) is 5.75 Å². The van der Waals surface area contributed by atoms with Crippen LogP contribution in [-0.4, -0.2) is 0 Å². The molecule has 0 fully saturated rings. The van der Waals surface area contributed by atoms with Gasteiger partial charge in [0.1, 0.15) is 0 Å². The fraction of sp³-hybridized carbons (Fsp3) is 0.500. The Kier molecular flexibility index (Phi) is 3.83. The van der Waals surface area contributed by atoms with E-state index in [1.165, 1.54) is 5.56 Å². The van der Waals surface area contributed by atoms with Gasteiger partial charge >= 0.3 is 0 Å². The number of hydrogen-bond acceptors (Lipinski definition) is 3. The Labute approximate surface area is 90.4 Å². The van der Waals surface area contributed by atoms with Gasteiger partial charge in [-0.15, -0.1) is 4.91 Å². The van der Waals surface area contributed by atoms with Gasteiger partial charge in [-0.05, 0) is 23.5 Å². The lowest BCUT2D eigenvalue weighted by Gasteiger charge is -2.17. The molecule has 0 heterocycles. The molecule has 0 spiro atoms. The lowest BCUT2D eigenvalue weighted by atomic mass is 9.90. The molecule has 1 aromatic rings. The summed E-state index contributed by atoms with van der Waals surface area (Å²) >= 11 is 0. The maximum absolute atomic E-state index is 10.2. The third-order valence-electron chi connectivity index (χ3n) is 2.43. The van der Waals surface area contributed by atoms with Gasteiger partial charge in [0.25, 0.3) is 0 Å². The summed E-state index contributed by atoms with van der Waals surface area (Å²) in [7, 11) is 0. The molecular formula is C12H17NO2. The van der Waals surface area contributed by atoms with Crippen molar-refractivity contribution in [1.82, 2.24) is 0 Å². The van der Waals surface area contributed by atoms with Crippen LogP contribution < -0.4 is 4.84 Å². The predicted octanol–water partition coefficient (Wildman–Crippen LogP) is 3.99. The van der Waals surface area contributed by atoms with E-state index in [0.717, 1.165) is 5.56 Å². The zero-order valence-electron chi connectivity index (χ0n) is 9.65.